The second kappa shape index (κ2) is 7.38. The van der Waals surface area contributed by atoms with E-state index >= 15 is 0 Å². The van der Waals surface area contributed by atoms with E-state index in [9.17, 15) is 0 Å². The molecule has 0 aromatic rings. The standard InChI is InChI=1S/C15H32N2/c1-6-12(4)17(5)15-11-13(7-2)9-10-14(15)16-8-3/h12-16H,6-11H2,1-5H3. The Bertz CT molecular complexity index is 201. The highest BCUT2D eigenvalue weighted by atomic mass is 15.2. The highest BCUT2D eigenvalue weighted by Crippen LogP contribution is 2.30. The molecule has 1 N–H and O–H groups in total. The first-order valence-electron chi connectivity index (χ1n) is 7.59. The summed E-state index contributed by atoms with van der Waals surface area (Å²) < 4.78 is 0. The van der Waals surface area contributed by atoms with E-state index in [-0.39, 0.29) is 0 Å². The van der Waals surface area contributed by atoms with Crippen molar-refractivity contribution in [3.8, 4) is 0 Å². The average molecular weight is 240 g/mol. The molecule has 17 heavy (non-hydrogen) atoms. The van der Waals surface area contributed by atoms with E-state index in [0.29, 0.717) is 12.1 Å². The molecule has 0 aliphatic heterocycles. The Morgan fingerprint density at radius 2 is 1.94 bits per heavy atom. The van der Waals surface area contributed by atoms with Gasteiger partial charge in [-0.3, -0.25) is 4.90 Å². The molecule has 4 atom stereocenters. The van der Waals surface area contributed by atoms with Crippen LogP contribution in [0.1, 0.15) is 59.8 Å². The summed E-state index contributed by atoms with van der Waals surface area (Å²) in [5.41, 5.74) is 0. The molecule has 4 unspecified atom stereocenters. The summed E-state index contributed by atoms with van der Waals surface area (Å²) in [5, 5.41) is 3.70. The van der Waals surface area contributed by atoms with Crippen LogP contribution in [0.15, 0.2) is 0 Å². The first-order valence-corrected chi connectivity index (χ1v) is 7.59. The first-order chi connectivity index (χ1) is 8.13. The van der Waals surface area contributed by atoms with Gasteiger partial charge in [0.25, 0.3) is 0 Å². The molecule has 0 heterocycles. The summed E-state index contributed by atoms with van der Waals surface area (Å²) in [6.07, 6.45) is 6.76. The van der Waals surface area contributed by atoms with Gasteiger partial charge in [-0.05, 0) is 52.1 Å². The number of hydrogen-bond donors (Lipinski definition) is 1. The molecule has 2 heteroatoms. The summed E-state index contributed by atoms with van der Waals surface area (Å²) in [5.74, 6) is 0.946. The van der Waals surface area contributed by atoms with Gasteiger partial charge in [0.15, 0.2) is 0 Å². The molecule has 0 amide bonds. The van der Waals surface area contributed by atoms with Gasteiger partial charge in [0, 0.05) is 18.1 Å². The fourth-order valence-corrected chi connectivity index (χ4v) is 3.17. The lowest BCUT2D eigenvalue weighted by Gasteiger charge is -2.43. The number of likely N-dealkylation sites (N-methyl/N-ethyl adjacent to an activating group) is 2. The van der Waals surface area contributed by atoms with Gasteiger partial charge in [-0.1, -0.05) is 27.2 Å². The molecule has 2 nitrogen and oxygen atoms in total. The molecule has 0 spiro atoms. The maximum Gasteiger partial charge on any atom is 0.0251 e. The van der Waals surface area contributed by atoms with Gasteiger partial charge in [-0.2, -0.15) is 0 Å². The maximum absolute atomic E-state index is 3.70. The molecule has 1 aliphatic carbocycles. The average Bonchev–Trinajstić information content (AvgIpc) is 2.37. The summed E-state index contributed by atoms with van der Waals surface area (Å²) in [6.45, 7) is 10.3. The molecule has 0 radical (unpaired) electrons. The summed E-state index contributed by atoms with van der Waals surface area (Å²) in [7, 11) is 2.32. The molecule has 1 aliphatic rings. The fourth-order valence-electron chi connectivity index (χ4n) is 3.17. The largest absolute Gasteiger partial charge is 0.313 e. The van der Waals surface area contributed by atoms with Crippen molar-refractivity contribution in [1.29, 1.82) is 0 Å². The Balaban J connectivity index is 2.65. The van der Waals surface area contributed by atoms with Crippen LogP contribution in [-0.4, -0.2) is 36.6 Å². The molecule has 0 bridgehead atoms. The van der Waals surface area contributed by atoms with Gasteiger partial charge in [0.2, 0.25) is 0 Å². The Morgan fingerprint density at radius 1 is 1.24 bits per heavy atom. The molecule has 102 valence electrons. The third-order valence-corrected chi connectivity index (χ3v) is 4.78. The van der Waals surface area contributed by atoms with Crippen LogP contribution in [0, 0.1) is 5.92 Å². The molecule has 1 rings (SSSR count). The molecular formula is C15H32N2. The maximum atomic E-state index is 3.70. The van der Waals surface area contributed by atoms with E-state index in [1.54, 1.807) is 0 Å². The molecular weight excluding hydrogens is 208 g/mol. The minimum atomic E-state index is 0.705. The number of nitrogens with zero attached hydrogens (tertiary/aromatic N) is 1. The van der Waals surface area contributed by atoms with Crippen LogP contribution >= 0.6 is 0 Å². The van der Waals surface area contributed by atoms with Crippen LogP contribution in [0.2, 0.25) is 0 Å². The molecule has 1 saturated carbocycles. The monoisotopic (exact) mass is 240 g/mol. The zero-order valence-electron chi connectivity index (χ0n) is 12.5. The molecule has 0 aromatic carbocycles. The number of nitrogens with one attached hydrogen (secondary N) is 1. The quantitative estimate of drug-likeness (QED) is 0.766. The zero-order valence-corrected chi connectivity index (χ0v) is 12.5. The van der Waals surface area contributed by atoms with Crippen molar-refractivity contribution in [2.24, 2.45) is 5.92 Å². The van der Waals surface area contributed by atoms with Crippen LogP contribution in [0.3, 0.4) is 0 Å². The van der Waals surface area contributed by atoms with Crippen LogP contribution in [0.25, 0.3) is 0 Å². The van der Waals surface area contributed by atoms with Crippen LogP contribution in [0.4, 0.5) is 0 Å². The highest BCUT2D eigenvalue weighted by molar-refractivity contribution is 4.91. The second-order valence-electron chi connectivity index (χ2n) is 5.74. The number of hydrogen-bond acceptors (Lipinski definition) is 2. The Labute approximate surface area is 108 Å². The van der Waals surface area contributed by atoms with Crippen LogP contribution in [-0.2, 0) is 0 Å². The fraction of sp³-hybridized carbons (Fsp3) is 1.00. The first kappa shape index (κ1) is 15.0. The summed E-state index contributed by atoms with van der Waals surface area (Å²) in [4.78, 5) is 2.62. The van der Waals surface area contributed by atoms with Crippen molar-refractivity contribution in [3.05, 3.63) is 0 Å². The minimum absolute atomic E-state index is 0.705. The molecule has 1 fully saturated rings. The number of rotatable bonds is 6. The van der Waals surface area contributed by atoms with Crippen molar-refractivity contribution >= 4 is 0 Å². The van der Waals surface area contributed by atoms with E-state index < -0.39 is 0 Å². The highest BCUT2D eigenvalue weighted by Gasteiger charge is 2.33. The van der Waals surface area contributed by atoms with Gasteiger partial charge >= 0.3 is 0 Å². The van der Waals surface area contributed by atoms with E-state index in [1.165, 1.54) is 32.1 Å². The summed E-state index contributed by atoms with van der Waals surface area (Å²) >= 11 is 0. The molecule has 0 saturated heterocycles. The lowest BCUT2D eigenvalue weighted by Crippen LogP contribution is -2.54. The second-order valence-corrected chi connectivity index (χ2v) is 5.74. The van der Waals surface area contributed by atoms with Crippen molar-refractivity contribution in [2.75, 3.05) is 13.6 Å². The van der Waals surface area contributed by atoms with Crippen molar-refractivity contribution in [2.45, 2.75) is 77.9 Å². The predicted octanol–water partition coefficient (Wildman–Crippen LogP) is 3.27. The topological polar surface area (TPSA) is 15.3 Å². The summed E-state index contributed by atoms with van der Waals surface area (Å²) in [6, 6.07) is 2.15. The lowest BCUT2D eigenvalue weighted by molar-refractivity contribution is 0.0874. The zero-order chi connectivity index (χ0) is 12.8. The van der Waals surface area contributed by atoms with Crippen molar-refractivity contribution < 1.29 is 0 Å². The van der Waals surface area contributed by atoms with Gasteiger partial charge in [0.1, 0.15) is 0 Å². The molecule has 0 aromatic heterocycles. The Morgan fingerprint density at radius 3 is 2.47 bits per heavy atom. The van der Waals surface area contributed by atoms with Crippen molar-refractivity contribution in [1.82, 2.24) is 10.2 Å². The van der Waals surface area contributed by atoms with Gasteiger partial charge in [-0.15, -0.1) is 0 Å². The Hall–Kier alpha value is -0.0800. The van der Waals surface area contributed by atoms with E-state index in [4.69, 9.17) is 0 Å². The normalized spacial score (nSPS) is 31.8. The van der Waals surface area contributed by atoms with E-state index in [0.717, 1.165) is 18.5 Å². The van der Waals surface area contributed by atoms with Crippen LogP contribution < -0.4 is 5.32 Å². The van der Waals surface area contributed by atoms with E-state index in [2.05, 4.69) is 45.0 Å². The predicted molar refractivity (Wildman–Crippen MR) is 76.4 cm³/mol. The SMILES string of the molecule is CCNC1CCC(CC)CC1N(C)C(C)CC. The minimum Gasteiger partial charge on any atom is -0.313 e. The van der Waals surface area contributed by atoms with Gasteiger partial charge in [0.05, 0.1) is 0 Å². The van der Waals surface area contributed by atoms with E-state index in [1.807, 2.05) is 0 Å². The third-order valence-electron chi connectivity index (χ3n) is 4.78. The third kappa shape index (κ3) is 3.96. The van der Waals surface area contributed by atoms with Crippen LogP contribution in [0.5, 0.6) is 0 Å². The Kier molecular flexibility index (Phi) is 6.50. The van der Waals surface area contributed by atoms with Gasteiger partial charge < -0.3 is 5.32 Å². The van der Waals surface area contributed by atoms with Gasteiger partial charge in [-0.25, -0.2) is 0 Å². The lowest BCUT2D eigenvalue weighted by atomic mass is 9.80. The van der Waals surface area contributed by atoms with Crippen molar-refractivity contribution in [3.63, 3.8) is 0 Å². The smallest absolute Gasteiger partial charge is 0.0251 e.